The Morgan fingerprint density at radius 2 is 1.91 bits per heavy atom. The first-order valence-corrected chi connectivity index (χ1v) is 7.93. The highest BCUT2D eigenvalue weighted by atomic mass is 16.5. The van der Waals surface area contributed by atoms with E-state index >= 15 is 0 Å². The second kappa shape index (κ2) is 7.85. The molecule has 1 aromatic carbocycles. The van der Waals surface area contributed by atoms with Crippen LogP contribution in [0.4, 0.5) is 0 Å². The Morgan fingerprint density at radius 3 is 2.52 bits per heavy atom. The molecule has 0 saturated carbocycles. The molecule has 0 saturated heterocycles. The van der Waals surface area contributed by atoms with Gasteiger partial charge in [0.1, 0.15) is 5.82 Å². The number of carbonyl (C=O) groups is 1. The van der Waals surface area contributed by atoms with E-state index in [4.69, 9.17) is 19.6 Å². The van der Waals surface area contributed by atoms with Gasteiger partial charge in [-0.15, -0.1) is 0 Å². The average Bonchev–Trinajstić information content (AvgIpc) is 2.86. The molecule has 0 aliphatic heterocycles. The number of hydrogen-bond acceptors (Lipinski definition) is 4. The Morgan fingerprint density at radius 1 is 1.22 bits per heavy atom. The minimum absolute atomic E-state index is 0.201. The lowest BCUT2D eigenvalue weighted by Gasteiger charge is -2.10. The van der Waals surface area contributed by atoms with Crippen molar-refractivity contribution in [1.82, 2.24) is 9.55 Å². The first-order valence-electron chi connectivity index (χ1n) is 7.93. The number of carboxylic acid groups (broad SMARTS) is 1. The van der Waals surface area contributed by atoms with E-state index in [1.54, 1.807) is 14.2 Å². The van der Waals surface area contributed by atoms with Gasteiger partial charge in [-0.25, -0.2) is 4.98 Å². The molecule has 2 aromatic rings. The Kier molecular flexibility index (Phi) is 5.84. The summed E-state index contributed by atoms with van der Waals surface area (Å²) in [6, 6.07) is 3.83. The van der Waals surface area contributed by atoms with Gasteiger partial charge in [-0.05, 0) is 19.3 Å². The molecule has 0 bridgehead atoms. The molecule has 0 atom stereocenters. The van der Waals surface area contributed by atoms with Crippen molar-refractivity contribution < 1.29 is 19.4 Å². The van der Waals surface area contributed by atoms with E-state index in [0.29, 0.717) is 17.9 Å². The lowest BCUT2D eigenvalue weighted by molar-refractivity contribution is -0.137. The van der Waals surface area contributed by atoms with E-state index in [9.17, 15) is 4.79 Å². The lowest BCUT2D eigenvalue weighted by atomic mass is 10.2. The number of aromatic nitrogens is 2. The van der Waals surface area contributed by atoms with Crippen molar-refractivity contribution >= 4 is 17.0 Å². The van der Waals surface area contributed by atoms with Crippen molar-refractivity contribution in [2.45, 2.75) is 45.6 Å². The highest BCUT2D eigenvalue weighted by Gasteiger charge is 2.14. The van der Waals surface area contributed by atoms with E-state index in [1.807, 2.05) is 12.1 Å². The molecular formula is C17H24N2O4. The molecule has 6 heteroatoms. The molecule has 6 nitrogen and oxygen atoms in total. The van der Waals surface area contributed by atoms with Crippen LogP contribution in [0, 0.1) is 0 Å². The third-order valence-corrected chi connectivity index (χ3v) is 3.83. The standard InChI is InChI=1S/C17H24N2O4/c1-4-7-16-18-12-10-14(22-2)15(23-3)11-13(12)19(16)9-6-5-8-17(20)21/h10-11H,4-9H2,1-3H3,(H,20,21). The zero-order chi connectivity index (χ0) is 16.8. The molecule has 0 fully saturated rings. The van der Waals surface area contributed by atoms with Gasteiger partial charge in [0.25, 0.3) is 0 Å². The van der Waals surface area contributed by atoms with E-state index in [1.165, 1.54) is 0 Å². The molecule has 0 spiro atoms. The van der Waals surface area contributed by atoms with Gasteiger partial charge in [0, 0.05) is 31.5 Å². The third-order valence-electron chi connectivity index (χ3n) is 3.83. The molecule has 2 rings (SSSR count). The number of fused-ring (bicyclic) bond motifs is 1. The molecule has 1 aromatic heterocycles. The number of carboxylic acids is 1. The number of hydrogen-bond donors (Lipinski definition) is 1. The number of ether oxygens (including phenoxy) is 2. The first-order chi connectivity index (χ1) is 11.1. The van der Waals surface area contributed by atoms with Crippen LogP contribution in [0.15, 0.2) is 12.1 Å². The normalized spacial score (nSPS) is 10.9. The van der Waals surface area contributed by atoms with Crippen molar-refractivity contribution in [1.29, 1.82) is 0 Å². The van der Waals surface area contributed by atoms with Gasteiger partial charge in [0.15, 0.2) is 11.5 Å². The van der Waals surface area contributed by atoms with Crippen LogP contribution in [-0.2, 0) is 17.8 Å². The van der Waals surface area contributed by atoms with E-state index in [-0.39, 0.29) is 6.42 Å². The summed E-state index contributed by atoms with van der Waals surface area (Å²) in [4.78, 5) is 15.4. The quantitative estimate of drug-likeness (QED) is 0.718. The second-order valence-corrected chi connectivity index (χ2v) is 5.48. The molecule has 126 valence electrons. The summed E-state index contributed by atoms with van der Waals surface area (Å²) < 4.78 is 12.9. The Hall–Kier alpha value is -2.24. The van der Waals surface area contributed by atoms with Crippen LogP contribution in [-0.4, -0.2) is 34.8 Å². The van der Waals surface area contributed by atoms with Crippen molar-refractivity contribution in [2.75, 3.05) is 14.2 Å². The lowest BCUT2D eigenvalue weighted by Crippen LogP contribution is -2.05. The van der Waals surface area contributed by atoms with Gasteiger partial charge < -0.3 is 19.1 Å². The zero-order valence-electron chi connectivity index (χ0n) is 14.0. The summed E-state index contributed by atoms with van der Waals surface area (Å²) in [6.07, 6.45) is 3.56. The Bertz CT molecular complexity index is 679. The zero-order valence-corrected chi connectivity index (χ0v) is 14.0. The van der Waals surface area contributed by atoms with Crippen molar-refractivity contribution in [3.05, 3.63) is 18.0 Å². The van der Waals surface area contributed by atoms with E-state index in [2.05, 4.69) is 11.5 Å². The maximum absolute atomic E-state index is 10.6. The van der Waals surface area contributed by atoms with Crippen LogP contribution in [0.1, 0.15) is 38.4 Å². The molecule has 1 N–H and O–H groups in total. The number of methoxy groups -OCH3 is 2. The van der Waals surface area contributed by atoms with Crippen LogP contribution in [0.5, 0.6) is 11.5 Å². The molecular weight excluding hydrogens is 296 g/mol. The third kappa shape index (κ3) is 3.94. The number of rotatable bonds is 9. The van der Waals surface area contributed by atoms with Crippen molar-refractivity contribution in [2.24, 2.45) is 0 Å². The predicted octanol–water partition coefficient (Wildman–Crippen LogP) is 3.26. The van der Waals surface area contributed by atoms with E-state index in [0.717, 1.165) is 42.7 Å². The number of aryl methyl sites for hydroxylation is 2. The van der Waals surface area contributed by atoms with Gasteiger partial charge in [0.2, 0.25) is 0 Å². The summed E-state index contributed by atoms with van der Waals surface area (Å²) >= 11 is 0. The van der Waals surface area contributed by atoms with E-state index < -0.39 is 5.97 Å². The number of benzene rings is 1. The van der Waals surface area contributed by atoms with Crippen LogP contribution in [0.2, 0.25) is 0 Å². The fraction of sp³-hybridized carbons (Fsp3) is 0.529. The van der Waals surface area contributed by atoms with Gasteiger partial charge in [-0.2, -0.15) is 0 Å². The van der Waals surface area contributed by atoms with Gasteiger partial charge in [0.05, 0.1) is 25.3 Å². The maximum Gasteiger partial charge on any atom is 0.303 e. The first kappa shape index (κ1) is 17.1. The average molecular weight is 320 g/mol. The van der Waals surface area contributed by atoms with Crippen molar-refractivity contribution in [3.63, 3.8) is 0 Å². The molecule has 0 unspecified atom stereocenters. The predicted molar refractivity (Wildman–Crippen MR) is 88.3 cm³/mol. The SMILES string of the molecule is CCCc1nc2cc(OC)c(OC)cc2n1CCCCC(=O)O. The Labute approximate surface area is 136 Å². The Balaban J connectivity index is 2.34. The summed E-state index contributed by atoms with van der Waals surface area (Å²) in [5.41, 5.74) is 1.88. The molecule has 0 aliphatic rings. The largest absolute Gasteiger partial charge is 0.493 e. The van der Waals surface area contributed by atoms with Gasteiger partial charge in [-0.3, -0.25) is 4.79 Å². The maximum atomic E-state index is 10.6. The molecule has 0 aliphatic carbocycles. The minimum Gasteiger partial charge on any atom is -0.493 e. The fourth-order valence-corrected chi connectivity index (χ4v) is 2.71. The van der Waals surface area contributed by atoms with Crippen LogP contribution >= 0.6 is 0 Å². The summed E-state index contributed by atoms with van der Waals surface area (Å²) in [5.74, 6) is 1.61. The van der Waals surface area contributed by atoms with Crippen LogP contribution < -0.4 is 9.47 Å². The molecule has 0 amide bonds. The van der Waals surface area contributed by atoms with Crippen LogP contribution in [0.3, 0.4) is 0 Å². The number of unbranched alkanes of at least 4 members (excludes halogenated alkanes) is 1. The number of imidazole rings is 1. The van der Waals surface area contributed by atoms with Gasteiger partial charge >= 0.3 is 5.97 Å². The molecule has 23 heavy (non-hydrogen) atoms. The second-order valence-electron chi connectivity index (χ2n) is 5.48. The summed E-state index contributed by atoms with van der Waals surface area (Å²) in [7, 11) is 3.23. The summed E-state index contributed by atoms with van der Waals surface area (Å²) in [5, 5.41) is 8.76. The smallest absolute Gasteiger partial charge is 0.303 e. The van der Waals surface area contributed by atoms with Crippen molar-refractivity contribution in [3.8, 4) is 11.5 Å². The molecule has 0 radical (unpaired) electrons. The highest BCUT2D eigenvalue weighted by Crippen LogP contribution is 2.32. The fourth-order valence-electron chi connectivity index (χ4n) is 2.71. The summed E-state index contributed by atoms with van der Waals surface area (Å²) in [6.45, 7) is 2.88. The molecule has 1 heterocycles. The topological polar surface area (TPSA) is 73.6 Å². The number of nitrogens with zero attached hydrogens (tertiary/aromatic N) is 2. The van der Waals surface area contributed by atoms with Gasteiger partial charge in [-0.1, -0.05) is 6.92 Å². The van der Waals surface area contributed by atoms with Crippen LogP contribution in [0.25, 0.3) is 11.0 Å². The monoisotopic (exact) mass is 320 g/mol. The number of aliphatic carboxylic acids is 1. The highest BCUT2D eigenvalue weighted by molar-refractivity contribution is 5.80. The minimum atomic E-state index is -0.749.